The van der Waals surface area contributed by atoms with E-state index in [1.165, 1.54) is 0 Å². The van der Waals surface area contributed by atoms with Gasteiger partial charge < -0.3 is 10.3 Å². The van der Waals surface area contributed by atoms with Crippen molar-refractivity contribution in [2.24, 2.45) is 0 Å². The molecule has 2 heterocycles. The molecule has 0 spiro atoms. The molecule has 106 valence electrons. The van der Waals surface area contributed by atoms with E-state index in [2.05, 4.69) is 15.3 Å². The lowest BCUT2D eigenvalue weighted by Gasteiger charge is -2.30. The van der Waals surface area contributed by atoms with E-state index in [1.54, 1.807) is 11.2 Å². The maximum absolute atomic E-state index is 12.6. The Balaban J connectivity index is 1.60. The first-order chi connectivity index (χ1) is 9.01. The van der Waals surface area contributed by atoms with Crippen LogP contribution >= 0.6 is 0 Å². The minimum absolute atomic E-state index is 0.0544. The van der Waals surface area contributed by atoms with Crippen LogP contribution in [0.15, 0.2) is 6.33 Å². The number of hydrogen-bond acceptors (Lipinski definition) is 3. The van der Waals surface area contributed by atoms with Gasteiger partial charge in [0.2, 0.25) is 0 Å². The van der Waals surface area contributed by atoms with Crippen LogP contribution in [-0.2, 0) is 13.0 Å². The number of halogens is 3. The predicted octanol–water partition coefficient (Wildman–Crippen LogP) is 1.45. The predicted molar refractivity (Wildman–Crippen MR) is 63.6 cm³/mol. The smallest absolute Gasteiger partial charge is 0.347 e. The molecule has 2 aliphatic rings. The zero-order valence-electron chi connectivity index (χ0n) is 10.5. The topological polar surface area (TPSA) is 44.0 Å². The number of aromatic amines is 1. The van der Waals surface area contributed by atoms with Crippen molar-refractivity contribution in [3.05, 3.63) is 17.7 Å². The molecule has 0 aromatic carbocycles. The molecule has 1 aromatic heterocycles. The van der Waals surface area contributed by atoms with Crippen molar-refractivity contribution in [2.75, 3.05) is 13.1 Å². The van der Waals surface area contributed by atoms with Crippen LogP contribution in [0.3, 0.4) is 0 Å². The third-order valence-corrected chi connectivity index (χ3v) is 3.72. The second-order valence-electron chi connectivity index (χ2n) is 5.39. The summed E-state index contributed by atoms with van der Waals surface area (Å²) in [5.41, 5.74) is 2.02. The molecule has 2 N–H and O–H groups in total. The van der Waals surface area contributed by atoms with Crippen molar-refractivity contribution in [3.63, 3.8) is 0 Å². The second kappa shape index (κ2) is 4.79. The molecular formula is C12H17F3N4. The quantitative estimate of drug-likeness (QED) is 0.873. The van der Waals surface area contributed by atoms with Gasteiger partial charge in [-0.1, -0.05) is 0 Å². The highest BCUT2D eigenvalue weighted by molar-refractivity contribution is 5.16. The lowest BCUT2D eigenvalue weighted by molar-refractivity contribution is -0.147. The number of imidazole rings is 1. The fourth-order valence-corrected chi connectivity index (χ4v) is 2.66. The molecule has 1 saturated carbocycles. The van der Waals surface area contributed by atoms with Gasteiger partial charge in [-0.25, -0.2) is 4.98 Å². The van der Waals surface area contributed by atoms with Crippen LogP contribution in [0.25, 0.3) is 0 Å². The second-order valence-corrected chi connectivity index (χ2v) is 5.39. The van der Waals surface area contributed by atoms with E-state index in [9.17, 15) is 13.2 Å². The molecule has 1 unspecified atom stereocenters. The van der Waals surface area contributed by atoms with Gasteiger partial charge in [0, 0.05) is 31.6 Å². The fourth-order valence-electron chi connectivity index (χ4n) is 2.66. The zero-order chi connectivity index (χ0) is 13.5. The van der Waals surface area contributed by atoms with Gasteiger partial charge in [0.25, 0.3) is 0 Å². The Kier molecular flexibility index (Phi) is 3.26. The van der Waals surface area contributed by atoms with Crippen LogP contribution < -0.4 is 5.32 Å². The summed E-state index contributed by atoms with van der Waals surface area (Å²) in [7, 11) is 0. The van der Waals surface area contributed by atoms with Crippen LogP contribution in [0.1, 0.15) is 24.2 Å². The summed E-state index contributed by atoms with van der Waals surface area (Å²) in [4.78, 5) is 8.82. The third kappa shape index (κ3) is 3.27. The molecule has 1 aliphatic heterocycles. The van der Waals surface area contributed by atoms with E-state index >= 15 is 0 Å². The number of H-pyrrole nitrogens is 1. The first-order valence-electron chi connectivity index (χ1n) is 6.56. The van der Waals surface area contributed by atoms with Gasteiger partial charge in [0.05, 0.1) is 24.3 Å². The van der Waals surface area contributed by atoms with Gasteiger partial charge in [-0.15, -0.1) is 0 Å². The molecule has 4 nitrogen and oxygen atoms in total. The van der Waals surface area contributed by atoms with Crippen molar-refractivity contribution >= 4 is 0 Å². The number of hydrogen-bond donors (Lipinski definition) is 2. The van der Waals surface area contributed by atoms with Gasteiger partial charge in [-0.2, -0.15) is 13.2 Å². The number of nitrogens with zero attached hydrogens (tertiary/aromatic N) is 2. The Hall–Kier alpha value is -1.08. The summed E-state index contributed by atoms with van der Waals surface area (Å²) in [6.07, 6.45) is -0.00925. The van der Waals surface area contributed by atoms with Crippen LogP contribution in [-0.4, -0.2) is 46.2 Å². The monoisotopic (exact) mass is 274 g/mol. The number of fused-ring (bicyclic) bond motifs is 1. The van der Waals surface area contributed by atoms with Gasteiger partial charge in [-0.3, -0.25) is 4.90 Å². The maximum atomic E-state index is 12.6. The minimum atomic E-state index is -4.12. The highest BCUT2D eigenvalue weighted by Crippen LogP contribution is 2.30. The molecule has 1 aliphatic carbocycles. The number of rotatable bonds is 4. The Morgan fingerprint density at radius 3 is 2.84 bits per heavy atom. The summed E-state index contributed by atoms with van der Waals surface area (Å²) in [6, 6.07) is 0.169. The molecule has 0 radical (unpaired) electrons. The molecule has 7 heteroatoms. The average molecular weight is 274 g/mol. The number of aromatic nitrogens is 2. The fraction of sp³-hybridized carbons (Fsp3) is 0.750. The van der Waals surface area contributed by atoms with Crippen LogP contribution in [0.4, 0.5) is 13.2 Å². The highest BCUT2D eigenvalue weighted by atomic mass is 19.4. The molecule has 3 rings (SSSR count). The van der Waals surface area contributed by atoms with E-state index < -0.39 is 12.7 Å². The van der Waals surface area contributed by atoms with Crippen molar-refractivity contribution in [1.29, 1.82) is 0 Å². The van der Waals surface area contributed by atoms with Crippen molar-refractivity contribution in [3.8, 4) is 0 Å². The summed E-state index contributed by atoms with van der Waals surface area (Å²) in [6.45, 7) is 0.296. The van der Waals surface area contributed by atoms with Gasteiger partial charge in [0.15, 0.2) is 0 Å². The van der Waals surface area contributed by atoms with Gasteiger partial charge in [0.1, 0.15) is 0 Å². The standard InChI is InChI=1S/C12H17F3N4/c13-12(14,15)6-19(9-1-2-9)5-8-3-10-11(4-16-8)18-7-17-10/h7-9,16H,1-6H2,(H,17,18). The largest absolute Gasteiger partial charge is 0.401 e. The van der Waals surface area contributed by atoms with E-state index in [0.717, 1.165) is 24.2 Å². The molecular weight excluding hydrogens is 257 g/mol. The Bertz CT molecular complexity index is 438. The van der Waals surface area contributed by atoms with E-state index in [4.69, 9.17) is 0 Å². The molecule has 0 bridgehead atoms. The normalized spacial score (nSPS) is 23.7. The molecule has 0 saturated heterocycles. The molecule has 19 heavy (non-hydrogen) atoms. The third-order valence-electron chi connectivity index (χ3n) is 3.72. The number of nitrogens with one attached hydrogen (secondary N) is 2. The SMILES string of the molecule is FC(F)(F)CN(CC1Cc2nc[nH]c2CN1)C1CC1. The van der Waals surface area contributed by atoms with Crippen LogP contribution in [0.5, 0.6) is 0 Å². The lowest BCUT2D eigenvalue weighted by atomic mass is 10.0. The first-order valence-corrected chi connectivity index (χ1v) is 6.56. The van der Waals surface area contributed by atoms with Gasteiger partial charge in [-0.05, 0) is 12.8 Å². The Labute approximate surface area is 109 Å². The van der Waals surface area contributed by atoms with Crippen molar-refractivity contribution in [2.45, 2.75) is 44.1 Å². The molecule has 0 amide bonds. The average Bonchev–Trinajstić information content (AvgIpc) is 3.06. The molecule has 1 aromatic rings. The van der Waals surface area contributed by atoms with Crippen molar-refractivity contribution in [1.82, 2.24) is 20.2 Å². The number of alkyl halides is 3. The minimum Gasteiger partial charge on any atom is -0.347 e. The van der Waals surface area contributed by atoms with Crippen LogP contribution in [0, 0.1) is 0 Å². The van der Waals surface area contributed by atoms with E-state index in [1.807, 2.05) is 0 Å². The van der Waals surface area contributed by atoms with E-state index in [0.29, 0.717) is 19.5 Å². The van der Waals surface area contributed by atoms with Gasteiger partial charge >= 0.3 is 6.18 Å². The first kappa shape index (κ1) is 12.9. The zero-order valence-corrected chi connectivity index (χ0v) is 10.5. The summed E-state index contributed by atoms with van der Waals surface area (Å²) < 4.78 is 37.7. The maximum Gasteiger partial charge on any atom is 0.401 e. The van der Waals surface area contributed by atoms with E-state index in [-0.39, 0.29) is 12.1 Å². The summed E-state index contributed by atoms with van der Waals surface area (Å²) in [5, 5.41) is 3.28. The van der Waals surface area contributed by atoms with Crippen LogP contribution in [0.2, 0.25) is 0 Å². The Morgan fingerprint density at radius 1 is 1.37 bits per heavy atom. The molecule has 1 fully saturated rings. The highest BCUT2D eigenvalue weighted by Gasteiger charge is 2.39. The lowest BCUT2D eigenvalue weighted by Crippen LogP contribution is -2.48. The summed E-state index contributed by atoms with van der Waals surface area (Å²) in [5.74, 6) is 0. The van der Waals surface area contributed by atoms with Crippen molar-refractivity contribution < 1.29 is 13.2 Å². The molecule has 1 atom stereocenters. The summed E-state index contributed by atoms with van der Waals surface area (Å²) >= 11 is 0. The Morgan fingerprint density at radius 2 is 2.16 bits per heavy atom.